The number of halogens is 2. The van der Waals surface area contributed by atoms with Crippen LogP contribution in [-0.2, 0) is 12.5 Å². The van der Waals surface area contributed by atoms with Gasteiger partial charge in [-0.15, -0.1) is 0 Å². The van der Waals surface area contributed by atoms with E-state index in [2.05, 4.69) is 5.10 Å². The largest absolute Gasteiger partial charge is 0.384 e. The van der Waals surface area contributed by atoms with Gasteiger partial charge < -0.3 is 5.73 Å². The third-order valence-electron chi connectivity index (χ3n) is 2.49. The number of alkyl halides is 2. The van der Waals surface area contributed by atoms with Crippen LogP contribution in [0.3, 0.4) is 0 Å². The molecule has 1 heterocycles. The van der Waals surface area contributed by atoms with Crippen molar-refractivity contribution in [2.75, 3.05) is 5.73 Å². The Bertz CT molecular complexity index is 342. The Labute approximate surface area is 81.9 Å². The quantitative estimate of drug-likeness (QED) is 0.797. The SMILES string of the molecule is Cc1c(C(C)(C)C(F)F)nn(C)c1N. The van der Waals surface area contributed by atoms with Gasteiger partial charge in [-0.3, -0.25) is 4.68 Å². The van der Waals surface area contributed by atoms with E-state index < -0.39 is 11.8 Å². The zero-order valence-electron chi connectivity index (χ0n) is 8.81. The summed E-state index contributed by atoms with van der Waals surface area (Å²) in [4.78, 5) is 0. The average Bonchev–Trinajstić information content (AvgIpc) is 2.33. The maximum absolute atomic E-state index is 12.7. The number of aryl methyl sites for hydroxylation is 1. The second kappa shape index (κ2) is 3.22. The van der Waals surface area contributed by atoms with Crippen molar-refractivity contribution >= 4 is 5.82 Å². The summed E-state index contributed by atoms with van der Waals surface area (Å²) in [5.74, 6) is 0.439. The molecule has 5 heteroatoms. The molecular weight excluding hydrogens is 188 g/mol. The van der Waals surface area contributed by atoms with Gasteiger partial charge in [0, 0.05) is 12.6 Å². The molecule has 3 nitrogen and oxygen atoms in total. The summed E-state index contributed by atoms with van der Waals surface area (Å²) in [6, 6.07) is 0. The maximum Gasteiger partial charge on any atom is 0.249 e. The van der Waals surface area contributed by atoms with Crippen molar-refractivity contribution < 1.29 is 8.78 Å². The average molecular weight is 203 g/mol. The first-order chi connectivity index (χ1) is 6.28. The van der Waals surface area contributed by atoms with Crippen LogP contribution in [0.15, 0.2) is 0 Å². The Morgan fingerprint density at radius 3 is 2.21 bits per heavy atom. The summed E-state index contributed by atoms with van der Waals surface area (Å²) in [5, 5.41) is 4.01. The van der Waals surface area contributed by atoms with Crippen LogP contribution in [0.1, 0.15) is 25.1 Å². The summed E-state index contributed by atoms with van der Waals surface area (Å²) in [6.45, 7) is 4.64. The monoisotopic (exact) mass is 203 g/mol. The van der Waals surface area contributed by atoms with E-state index in [-0.39, 0.29) is 0 Å². The second-order valence-corrected chi connectivity index (χ2v) is 4.00. The lowest BCUT2D eigenvalue weighted by Crippen LogP contribution is -2.28. The molecule has 0 unspecified atom stereocenters. The van der Waals surface area contributed by atoms with Crippen LogP contribution in [0, 0.1) is 6.92 Å². The van der Waals surface area contributed by atoms with Gasteiger partial charge in [0.25, 0.3) is 0 Å². The highest BCUT2D eigenvalue weighted by Gasteiger charge is 2.36. The topological polar surface area (TPSA) is 43.8 Å². The number of hydrogen-bond acceptors (Lipinski definition) is 2. The van der Waals surface area contributed by atoms with Gasteiger partial charge in [-0.1, -0.05) is 0 Å². The van der Waals surface area contributed by atoms with E-state index in [0.717, 1.165) is 0 Å². The Hall–Kier alpha value is -1.13. The van der Waals surface area contributed by atoms with Gasteiger partial charge in [0.1, 0.15) is 5.82 Å². The summed E-state index contributed by atoms with van der Waals surface area (Å²) >= 11 is 0. The molecule has 0 aliphatic heterocycles. The van der Waals surface area contributed by atoms with E-state index in [0.29, 0.717) is 17.1 Å². The number of nitrogens with two attached hydrogens (primary N) is 1. The van der Waals surface area contributed by atoms with Gasteiger partial charge in [-0.25, -0.2) is 8.78 Å². The predicted molar refractivity (Wildman–Crippen MR) is 51.4 cm³/mol. The molecule has 14 heavy (non-hydrogen) atoms. The number of hydrogen-bond donors (Lipinski definition) is 1. The van der Waals surface area contributed by atoms with Crippen LogP contribution in [-0.4, -0.2) is 16.2 Å². The minimum Gasteiger partial charge on any atom is -0.384 e. The van der Waals surface area contributed by atoms with E-state index in [1.807, 2.05) is 0 Å². The van der Waals surface area contributed by atoms with Gasteiger partial charge in [0.2, 0.25) is 6.43 Å². The minimum atomic E-state index is -2.45. The van der Waals surface area contributed by atoms with Crippen molar-refractivity contribution in [1.29, 1.82) is 0 Å². The molecule has 1 rings (SSSR count). The van der Waals surface area contributed by atoms with Gasteiger partial charge in [-0.2, -0.15) is 5.10 Å². The molecule has 0 spiro atoms. The third-order valence-corrected chi connectivity index (χ3v) is 2.49. The van der Waals surface area contributed by atoms with Crippen LogP contribution in [0.25, 0.3) is 0 Å². The third kappa shape index (κ3) is 1.47. The van der Waals surface area contributed by atoms with Crippen molar-refractivity contribution in [3.63, 3.8) is 0 Å². The molecule has 0 amide bonds. The number of nitrogen functional groups attached to an aromatic ring is 1. The van der Waals surface area contributed by atoms with Crippen LogP contribution in [0.5, 0.6) is 0 Å². The van der Waals surface area contributed by atoms with Crippen LogP contribution in [0.4, 0.5) is 14.6 Å². The highest BCUT2D eigenvalue weighted by Crippen LogP contribution is 2.33. The fraction of sp³-hybridized carbons (Fsp3) is 0.667. The summed E-state index contributed by atoms with van der Waals surface area (Å²) in [5.41, 5.74) is 5.41. The molecular formula is C9H15F2N3. The Kier molecular flexibility index (Phi) is 2.52. The predicted octanol–water partition coefficient (Wildman–Crippen LogP) is 1.85. The van der Waals surface area contributed by atoms with Crippen molar-refractivity contribution in [1.82, 2.24) is 9.78 Å². The second-order valence-electron chi connectivity index (χ2n) is 4.00. The Morgan fingerprint density at radius 1 is 1.43 bits per heavy atom. The number of nitrogens with zero attached hydrogens (tertiary/aromatic N) is 2. The molecule has 0 aliphatic rings. The van der Waals surface area contributed by atoms with Gasteiger partial charge >= 0.3 is 0 Å². The molecule has 0 bridgehead atoms. The van der Waals surface area contributed by atoms with E-state index in [1.54, 1.807) is 14.0 Å². The van der Waals surface area contributed by atoms with E-state index >= 15 is 0 Å². The van der Waals surface area contributed by atoms with Crippen LogP contribution < -0.4 is 5.73 Å². The molecule has 0 aliphatic carbocycles. The van der Waals surface area contributed by atoms with Crippen molar-refractivity contribution in [2.24, 2.45) is 7.05 Å². The lowest BCUT2D eigenvalue weighted by atomic mass is 9.87. The standard InChI is InChI=1S/C9H15F2N3/c1-5-6(9(2,3)8(10)11)13-14(4)7(5)12/h8H,12H2,1-4H3. The summed E-state index contributed by atoms with van der Waals surface area (Å²) < 4.78 is 26.9. The minimum absolute atomic E-state index is 0.368. The van der Waals surface area contributed by atoms with Gasteiger partial charge in [-0.05, 0) is 20.8 Å². The van der Waals surface area contributed by atoms with E-state index in [9.17, 15) is 8.78 Å². The zero-order valence-corrected chi connectivity index (χ0v) is 8.81. The molecule has 0 fully saturated rings. The first-order valence-electron chi connectivity index (χ1n) is 4.36. The first-order valence-corrected chi connectivity index (χ1v) is 4.36. The normalized spacial score (nSPS) is 12.5. The molecule has 2 N–H and O–H groups in total. The molecule has 0 aromatic carbocycles. The van der Waals surface area contributed by atoms with Crippen molar-refractivity contribution in [3.05, 3.63) is 11.3 Å². The maximum atomic E-state index is 12.7. The van der Waals surface area contributed by atoms with Gasteiger partial charge in [0.15, 0.2) is 0 Å². The summed E-state index contributed by atoms with van der Waals surface area (Å²) in [6.07, 6.45) is -2.45. The zero-order chi connectivity index (χ0) is 11.1. The molecule has 0 saturated carbocycles. The van der Waals surface area contributed by atoms with E-state index in [1.165, 1.54) is 18.5 Å². The van der Waals surface area contributed by atoms with Crippen LogP contribution >= 0.6 is 0 Å². The molecule has 80 valence electrons. The highest BCUT2D eigenvalue weighted by molar-refractivity contribution is 5.44. The Balaban J connectivity index is 3.26. The Morgan fingerprint density at radius 2 is 1.93 bits per heavy atom. The van der Waals surface area contributed by atoms with Crippen molar-refractivity contribution in [3.8, 4) is 0 Å². The fourth-order valence-corrected chi connectivity index (χ4v) is 1.36. The molecule has 0 atom stereocenters. The lowest BCUT2D eigenvalue weighted by molar-refractivity contribution is 0.0665. The molecule has 1 aromatic heterocycles. The summed E-state index contributed by atoms with van der Waals surface area (Å²) in [7, 11) is 1.65. The van der Waals surface area contributed by atoms with E-state index in [4.69, 9.17) is 5.73 Å². The van der Waals surface area contributed by atoms with Crippen LogP contribution in [0.2, 0.25) is 0 Å². The number of anilines is 1. The van der Waals surface area contributed by atoms with Gasteiger partial charge in [0.05, 0.1) is 11.1 Å². The number of aromatic nitrogens is 2. The van der Waals surface area contributed by atoms with Crippen molar-refractivity contribution in [2.45, 2.75) is 32.6 Å². The molecule has 0 saturated heterocycles. The fourth-order valence-electron chi connectivity index (χ4n) is 1.36. The highest BCUT2D eigenvalue weighted by atomic mass is 19.3. The smallest absolute Gasteiger partial charge is 0.249 e. The molecule has 1 aromatic rings. The lowest BCUT2D eigenvalue weighted by Gasteiger charge is -2.21. The number of rotatable bonds is 2. The molecule has 0 radical (unpaired) electrons. The first kappa shape index (κ1) is 10.9.